The summed E-state index contributed by atoms with van der Waals surface area (Å²) in [5.41, 5.74) is 9.01. The third kappa shape index (κ3) is 4.74. The van der Waals surface area contributed by atoms with Crippen LogP contribution in [0, 0.1) is 0 Å². The third-order valence-corrected chi connectivity index (χ3v) is 6.84. The van der Waals surface area contributed by atoms with Crippen molar-refractivity contribution in [2.75, 3.05) is 11.9 Å². The molecule has 1 aliphatic rings. The first kappa shape index (κ1) is 19.5. The molecule has 0 saturated carbocycles. The van der Waals surface area contributed by atoms with Gasteiger partial charge in [0.15, 0.2) is 9.84 Å². The summed E-state index contributed by atoms with van der Waals surface area (Å²) in [6.07, 6.45) is 1.23. The van der Waals surface area contributed by atoms with E-state index in [0.29, 0.717) is 6.04 Å². The average molecular weight is 388 g/mol. The van der Waals surface area contributed by atoms with Crippen LogP contribution >= 0.6 is 0 Å². The van der Waals surface area contributed by atoms with Crippen LogP contribution in [0.5, 0.6) is 0 Å². The highest BCUT2D eigenvalue weighted by Crippen LogP contribution is 2.21. The number of benzene rings is 2. The topological polar surface area (TPSA) is 87.3 Å². The Morgan fingerprint density at radius 2 is 1.78 bits per heavy atom. The summed E-state index contributed by atoms with van der Waals surface area (Å²) in [4.78, 5) is 12.5. The van der Waals surface area contributed by atoms with Crippen molar-refractivity contribution >= 4 is 21.4 Å². The van der Waals surface area contributed by atoms with Crippen molar-refractivity contribution in [3.05, 3.63) is 59.7 Å². The number of sulfone groups is 1. The quantitative estimate of drug-likeness (QED) is 0.709. The van der Waals surface area contributed by atoms with Gasteiger partial charge in [0.25, 0.3) is 0 Å². The molecule has 144 valence electrons. The summed E-state index contributed by atoms with van der Waals surface area (Å²) < 4.78 is 24.3. The molecule has 27 heavy (non-hydrogen) atoms. The predicted octanol–water partition coefficient (Wildman–Crippen LogP) is 2.59. The van der Waals surface area contributed by atoms with E-state index in [2.05, 4.69) is 16.2 Å². The maximum atomic E-state index is 12.3. The minimum atomic E-state index is -3.29. The highest BCUT2D eigenvalue weighted by molar-refractivity contribution is 7.92. The van der Waals surface area contributed by atoms with E-state index in [9.17, 15) is 13.2 Å². The van der Waals surface area contributed by atoms with E-state index >= 15 is 0 Å². The van der Waals surface area contributed by atoms with Crippen LogP contribution in [0.1, 0.15) is 37.4 Å². The first-order valence-corrected chi connectivity index (χ1v) is 10.6. The summed E-state index contributed by atoms with van der Waals surface area (Å²) >= 11 is 0. The number of amides is 1. The maximum Gasteiger partial charge on any atom is 0.228 e. The lowest BCUT2D eigenvalue weighted by molar-refractivity contribution is -0.115. The van der Waals surface area contributed by atoms with Gasteiger partial charge in [-0.25, -0.2) is 8.42 Å². The summed E-state index contributed by atoms with van der Waals surface area (Å²) in [5.74, 6) is -0.136. The van der Waals surface area contributed by atoms with Crippen molar-refractivity contribution in [3.8, 4) is 0 Å². The normalized spacial score (nSPS) is 17.2. The number of hydrazine groups is 1. The fourth-order valence-electron chi connectivity index (χ4n) is 2.99. The standard InChI is InChI=1S/C20H25N3O3S/c1-14(2)27(25,26)18-9-3-15(4-10-18)13-20(24)22-17-7-5-16(6-8-17)19-11-12-21-23-19/h3-10,14,19,21,23H,11-13H2,1-2H3,(H,22,24). The van der Waals surface area contributed by atoms with Gasteiger partial charge in [-0.3, -0.25) is 15.6 Å². The largest absolute Gasteiger partial charge is 0.326 e. The second-order valence-electron chi connectivity index (χ2n) is 7.00. The highest BCUT2D eigenvalue weighted by atomic mass is 32.2. The second kappa shape index (κ2) is 8.21. The number of carbonyl (C=O) groups is 1. The van der Waals surface area contributed by atoms with Crippen molar-refractivity contribution in [1.82, 2.24) is 10.9 Å². The molecule has 2 aromatic rings. The van der Waals surface area contributed by atoms with Gasteiger partial charge in [0.1, 0.15) is 0 Å². The molecule has 3 rings (SSSR count). The Hall–Kier alpha value is -2.22. The number of rotatable bonds is 6. The Bertz CT molecular complexity index is 885. The predicted molar refractivity (Wildman–Crippen MR) is 106 cm³/mol. The number of anilines is 1. The fraction of sp³-hybridized carbons (Fsp3) is 0.350. The third-order valence-electron chi connectivity index (χ3n) is 4.67. The Labute approximate surface area is 160 Å². The Kier molecular flexibility index (Phi) is 5.94. The van der Waals surface area contributed by atoms with E-state index in [4.69, 9.17) is 0 Å². The smallest absolute Gasteiger partial charge is 0.228 e. The lowest BCUT2D eigenvalue weighted by atomic mass is 10.1. The second-order valence-corrected chi connectivity index (χ2v) is 9.50. The maximum absolute atomic E-state index is 12.3. The molecule has 0 spiro atoms. The Morgan fingerprint density at radius 1 is 1.11 bits per heavy atom. The Balaban J connectivity index is 1.59. The summed E-state index contributed by atoms with van der Waals surface area (Å²) in [6, 6.07) is 14.6. The molecule has 1 aliphatic heterocycles. The van der Waals surface area contributed by atoms with Crippen LogP contribution in [0.2, 0.25) is 0 Å². The van der Waals surface area contributed by atoms with E-state index < -0.39 is 15.1 Å². The van der Waals surface area contributed by atoms with Crippen molar-refractivity contribution in [2.45, 2.75) is 42.9 Å². The van der Waals surface area contributed by atoms with Gasteiger partial charge in [-0.05, 0) is 55.7 Å². The molecule has 6 nitrogen and oxygen atoms in total. The first-order valence-electron chi connectivity index (χ1n) is 9.07. The summed E-state index contributed by atoms with van der Waals surface area (Å²) in [6.45, 7) is 4.25. The molecule has 1 fully saturated rings. The zero-order valence-corrected chi connectivity index (χ0v) is 16.3. The molecular formula is C20H25N3O3S. The number of hydrogen-bond acceptors (Lipinski definition) is 5. The van der Waals surface area contributed by atoms with Crippen molar-refractivity contribution in [2.24, 2.45) is 0 Å². The summed E-state index contributed by atoms with van der Waals surface area (Å²) in [7, 11) is -3.29. The molecule has 1 saturated heterocycles. The van der Waals surface area contributed by atoms with E-state index in [1.165, 1.54) is 5.56 Å². The minimum Gasteiger partial charge on any atom is -0.326 e. The van der Waals surface area contributed by atoms with Crippen LogP contribution in [-0.4, -0.2) is 26.1 Å². The van der Waals surface area contributed by atoms with Gasteiger partial charge in [0.05, 0.1) is 16.6 Å². The van der Waals surface area contributed by atoms with E-state index in [1.807, 2.05) is 24.3 Å². The van der Waals surface area contributed by atoms with Crippen LogP contribution in [0.15, 0.2) is 53.4 Å². The molecule has 1 atom stereocenters. The average Bonchev–Trinajstić information content (AvgIpc) is 3.17. The van der Waals surface area contributed by atoms with Crippen molar-refractivity contribution in [3.63, 3.8) is 0 Å². The fourth-order valence-corrected chi connectivity index (χ4v) is 4.05. The molecule has 2 aromatic carbocycles. The van der Waals surface area contributed by atoms with Gasteiger partial charge in [-0.2, -0.15) is 0 Å². The van der Waals surface area contributed by atoms with E-state index in [1.54, 1.807) is 38.1 Å². The molecule has 0 bridgehead atoms. The molecule has 0 radical (unpaired) electrons. The van der Waals surface area contributed by atoms with Crippen LogP contribution in [0.3, 0.4) is 0 Å². The van der Waals surface area contributed by atoms with Gasteiger partial charge in [-0.1, -0.05) is 24.3 Å². The number of hydrogen-bond donors (Lipinski definition) is 3. The summed E-state index contributed by atoms with van der Waals surface area (Å²) in [5, 5.41) is 2.41. The van der Waals surface area contributed by atoms with Crippen LogP contribution in [-0.2, 0) is 21.1 Å². The molecule has 1 amide bonds. The highest BCUT2D eigenvalue weighted by Gasteiger charge is 2.19. The first-order chi connectivity index (χ1) is 12.9. The van der Waals surface area contributed by atoms with Gasteiger partial charge in [0, 0.05) is 18.3 Å². The van der Waals surface area contributed by atoms with Crippen LogP contribution in [0.4, 0.5) is 5.69 Å². The number of nitrogens with one attached hydrogen (secondary N) is 3. The zero-order valence-electron chi connectivity index (χ0n) is 15.5. The molecule has 3 N–H and O–H groups in total. The molecule has 1 heterocycles. The van der Waals surface area contributed by atoms with Gasteiger partial charge >= 0.3 is 0 Å². The van der Waals surface area contributed by atoms with Crippen LogP contribution in [0.25, 0.3) is 0 Å². The van der Waals surface area contributed by atoms with Crippen molar-refractivity contribution < 1.29 is 13.2 Å². The molecule has 0 aliphatic carbocycles. The monoisotopic (exact) mass is 387 g/mol. The van der Waals surface area contributed by atoms with Gasteiger partial charge in [0.2, 0.25) is 5.91 Å². The van der Waals surface area contributed by atoms with E-state index in [0.717, 1.165) is 24.2 Å². The van der Waals surface area contributed by atoms with Crippen molar-refractivity contribution in [1.29, 1.82) is 0 Å². The lowest BCUT2D eigenvalue weighted by Gasteiger charge is -2.11. The minimum absolute atomic E-state index is 0.136. The molecule has 7 heteroatoms. The molecular weight excluding hydrogens is 362 g/mol. The van der Waals surface area contributed by atoms with Gasteiger partial charge in [-0.15, -0.1) is 0 Å². The van der Waals surface area contributed by atoms with E-state index in [-0.39, 0.29) is 17.2 Å². The zero-order chi connectivity index (χ0) is 19.4. The molecule has 1 unspecified atom stereocenters. The molecule has 0 aromatic heterocycles. The van der Waals surface area contributed by atoms with Gasteiger partial charge < -0.3 is 5.32 Å². The number of carbonyl (C=O) groups excluding carboxylic acids is 1. The SMILES string of the molecule is CC(C)S(=O)(=O)c1ccc(CC(=O)Nc2ccc(C3CCNN3)cc2)cc1. The lowest BCUT2D eigenvalue weighted by Crippen LogP contribution is -2.24. The Morgan fingerprint density at radius 3 is 2.33 bits per heavy atom. The van der Waals surface area contributed by atoms with Crippen LogP contribution < -0.4 is 16.2 Å².